The minimum Gasteiger partial charge on any atom is -0.480 e. The first-order valence-electron chi connectivity index (χ1n) is 7.19. The molecule has 5 nitrogen and oxygen atoms in total. The average Bonchev–Trinajstić information content (AvgIpc) is 2.94. The lowest BCUT2D eigenvalue weighted by Gasteiger charge is -2.19. The molecular weight excluding hydrogens is 327 g/mol. The highest BCUT2D eigenvalue weighted by Gasteiger charge is 2.26. The Balaban J connectivity index is 1.94. The summed E-state index contributed by atoms with van der Waals surface area (Å²) in [5.74, 6) is -1.42. The molecule has 1 amide bonds. The zero-order valence-electron chi connectivity index (χ0n) is 11.9. The number of nitrogens with one attached hydrogen (secondary N) is 2. The van der Waals surface area contributed by atoms with Crippen LogP contribution in [0.5, 0.6) is 0 Å². The van der Waals surface area contributed by atoms with E-state index >= 15 is 0 Å². The minimum absolute atomic E-state index is 0.148. The van der Waals surface area contributed by atoms with Crippen molar-refractivity contribution in [3.63, 3.8) is 0 Å². The van der Waals surface area contributed by atoms with Gasteiger partial charge in [-0.2, -0.15) is 0 Å². The van der Waals surface area contributed by atoms with Crippen molar-refractivity contribution in [1.82, 2.24) is 5.32 Å². The fourth-order valence-electron chi connectivity index (χ4n) is 2.57. The quantitative estimate of drug-likeness (QED) is 0.739. The van der Waals surface area contributed by atoms with Crippen LogP contribution in [0.15, 0.2) is 18.2 Å². The molecule has 0 spiro atoms. The molecule has 1 aromatic carbocycles. The molecule has 0 saturated heterocycles. The van der Waals surface area contributed by atoms with Gasteiger partial charge in [-0.1, -0.05) is 36.0 Å². The van der Waals surface area contributed by atoms with Crippen molar-refractivity contribution in [2.75, 3.05) is 5.32 Å². The van der Waals surface area contributed by atoms with Gasteiger partial charge in [0.1, 0.15) is 6.04 Å². The molecule has 1 unspecified atom stereocenters. The van der Waals surface area contributed by atoms with Crippen molar-refractivity contribution >= 4 is 40.8 Å². The molecule has 1 aliphatic rings. The van der Waals surface area contributed by atoms with Crippen LogP contribution in [0.25, 0.3) is 0 Å². The molecule has 3 N–H and O–H groups in total. The number of carbonyl (C=O) groups excluding carboxylic acids is 1. The van der Waals surface area contributed by atoms with E-state index in [9.17, 15) is 14.7 Å². The van der Waals surface area contributed by atoms with Gasteiger partial charge in [-0.25, -0.2) is 0 Å². The molecule has 1 aliphatic carbocycles. The van der Waals surface area contributed by atoms with Gasteiger partial charge in [0.25, 0.3) is 0 Å². The average molecular weight is 345 g/mol. The second-order valence-electron chi connectivity index (χ2n) is 5.42. The minimum atomic E-state index is -1.02. The highest BCUT2D eigenvalue weighted by Crippen LogP contribution is 2.25. The van der Waals surface area contributed by atoms with Crippen LogP contribution in [-0.2, 0) is 9.59 Å². The Morgan fingerprint density at radius 1 is 1.27 bits per heavy atom. The summed E-state index contributed by atoms with van der Waals surface area (Å²) in [4.78, 5) is 23.3. The van der Waals surface area contributed by atoms with E-state index in [4.69, 9.17) is 23.2 Å². The number of carboxylic acid groups (broad SMARTS) is 1. The molecule has 0 bridgehead atoms. The van der Waals surface area contributed by atoms with Crippen LogP contribution < -0.4 is 10.6 Å². The highest BCUT2D eigenvalue weighted by molar-refractivity contribution is 6.36. The summed E-state index contributed by atoms with van der Waals surface area (Å²) >= 11 is 11.8. The van der Waals surface area contributed by atoms with E-state index in [1.54, 1.807) is 12.1 Å². The van der Waals surface area contributed by atoms with Gasteiger partial charge in [-0.15, -0.1) is 0 Å². The Hall–Kier alpha value is -1.30. The van der Waals surface area contributed by atoms with Crippen LogP contribution in [0.3, 0.4) is 0 Å². The zero-order chi connectivity index (χ0) is 16.1. The van der Waals surface area contributed by atoms with E-state index in [2.05, 4.69) is 10.6 Å². The predicted molar refractivity (Wildman–Crippen MR) is 86.5 cm³/mol. The van der Waals surface area contributed by atoms with E-state index in [0.717, 1.165) is 25.7 Å². The molecule has 1 aromatic rings. The fraction of sp³-hybridized carbons (Fsp3) is 0.467. The van der Waals surface area contributed by atoms with Crippen LogP contribution in [0.4, 0.5) is 5.69 Å². The maximum absolute atomic E-state index is 12.0. The molecule has 0 radical (unpaired) electrons. The first-order valence-corrected chi connectivity index (χ1v) is 7.95. The predicted octanol–water partition coefficient (Wildman–Crippen LogP) is 3.31. The van der Waals surface area contributed by atoms with Crippen LogP contribution in [0.1, 0.15) is 32.1 Å². The lowest BCUT2D eigenvalue weighted by Crippen LogP contribution is -2.44. The third-order valence-corrected chi connectivity index (χ3v) is 4.23. The van der Waals surface area contributed by atoms with Gasteiger partial charge in [0.05, 0.1) is 17.1 Å². The van der Waals surface area contributed by atoms with Gasteiger partial charge in [0.15, 0.2) is 0 Å². The van der Waals surface area contributed by atoms with Gasteiger partial charge < -0.3 is 15.7 Å². The van der Waals surface area contributed by atoms with Crippen molar-refractivity contribution < 1.29 is 14.7 Å². The molecule has 7 heteroatoms. The third-order valence-electron chi connectivity index (χ3n) is 3.68. The summed E-state index contributed by atoms with van der Waals surface area (Å²) in [7, 11) is 0. The Labute approximate surface area is 139 Å². The van der Waals surface area contributed by atoms with Crippen LogP contribution in [0, 0.1) is 0 Å². The number of anilines is 1. The van der Waals surface area contributed by atoms with E-state index in [1.165, 1.54) is 6.07 Å². The second-order valence-corrected chi connectivity index (χ2v) is 6.26. The van der Waals surface area contributed by atoms with Crippen molar-refractivity contribution in [2.24, 2.45) is 0 Å². The fourth-order valence-corrected chi connectivity index (χ4v) is 3.03. The zero-order valence-corrected chi connectivity index (χ0v) is 13.5. The third kappa shape index (κ3) is 4.87. The molecule has 0 aromatic heterocycles. The highest BCUT2D eigenvalue weighted by atomic mass is 35.5. The SMILES string of the molecule is O=C(CC(NC1CCCC1)C(=O)O)Nc1ccc(Cl)cc1Cl. The second kappa shape index (κ2) is 7.81. The van der Waals surface area contributed by atoms with E-state index in [0.29, 0.717) is 15.7 Å². The Bertz CT molecular complexity index is 560. The number of benzene rings is 1. The summed E-state index contributed by atoms with van der Waals surface area (Å²) in [5.41, 5.74) is 0.418. The number of amides is 1. The normalized spacial score (nSPS) is 16.5. The van der Waals surface area contributed by atoms with Gasteiger partial charge >= 0.3 is 5.97 Å². The maximum Gasteiger partial charge on any atom is 0.321 e. The largest absolute Gasteiger partial charge is 0.480 e. The van der Waals surface area contributed by atoms with Gasteiger partial charge in [-0.3, -0.25) is 9.59 Å². The number of carboxylic acids is 1. The van der Waals surface area contributed by atoms with Crippen molar-refractivity contribution in [2.45, 2.75) is 44.2 Å². The summed E-state index contributed by atoms with van der Waals surface area (Å²) < 4.78 is 0. The smallest absolute Gasteiger partial charge is 0.321 e. The number of hydrogen-bond acceptors (Lipinski definition) is 3. The van der Waals surface area contributed by atoms with Crippen LogP contribution in [0.2, 0.25) is 10.0 Å². The van der Waals surface area contributed by atoms with Crippen molar-refractivity contribution in [3.05, 3.63) is 28.2 Å². The van der Waals surface area contributed by atoms with Gasteiger partial charge in [-0.05, 0) is 31.0 Å². The van der Waals surface area contributed by atoms with Crippen LogP contribution in [-0.4, -0.2) is 29.1 Å². The summed E-state index contributed by atoms with van der Waals surface area (Å²) in [5, 5.41) is 15.7. The lowest BCUT2D eigenvalue weighted by molar-refractivity contribution is -0.141. The molecule has 1 fully saturated rings. The number of carbonyl (C=O) groups is 2. The summed E-state index contributed by atoms with van der Waals surface area (Å²) in [6, 6.07) is 3.99. The monoisotopic (exact) mass is 344 g/mol. The van der Waals surface area contributed by atoms with Gasteiger partial charge in [0, 0.05) is 11.1 Å². The Morgan fingerprint density at radius 3 is 2.55 bits per heavy atom. The topological polar surface area (TPSA) is 78.4 Å². The summed E-state index contributed by atoms with van der Waals surface area (Å²) in [6.07, 6.45) is 3.95. The van der Waals surface area contributed by atoms with Crippen LogP contribution >= 0.6 is 23.2 Å². The number of aliphatic carboxylic acids is 1. The molecule has 1 saturated carbocycles. The van der Waals surface area contributed by atoms with Crippen molar-refractivity contribution in [1.29, 1.82) is 0 Å². The number of rotatable bonds is 6. The molecule has 2 rings (SSSR count). The van der Waals surface area contributed by atoms with Gasteiger partial charge in [0.2, 0.25) is 5.91 Å². The maximum atomic E-state index is 12.0. The first-order chi connectivity index (χ1) is 10.5. The lowest BCUT2D eigenvalue weighted by atomic mass is 10.1. The standard InChI is InChI=1S/C15H18Cl2N2O3/c16-9-5-6-12(11(17)7-9)19-14(20)8-13(15(21)22)18-10-3-1-2-4-10/h5-7,10,13,18H,1-4,8H2,(H,19,20)(H,21,22). The molecular formula is C15H18Cl2N2O3. The molecule has 0 heterocycles. The number of halogens is 2. The van der Waals surface area contributed by atoms with Crippen molar-refractivity contribution in [3.8, 4) is 0 Å². The molecule has 22 heavy (non-hydrogen) atoms. The number of hydrogen-bond donors (Lipinski definition) is 3. The molecule has 0 aliphatic heterocycles. The first kappa shape index (κ1) is 17.1. The van der Waals surface area contributed by atoms with E-state index < -0.39 is 17.9 Å². The summed E-state index contributed by atoms with van der Waals surface area (Å²) in [6.45, 7) is 0. The molecule has 120 valence electrons. The Morgan fingerprint density at radius 2 is 1.95 bits per heavy atom. The van der Waals surface area contributed by atoms with E-state index in [1.807, 2.05) is 0 Å². The van der Waals surface area contributed by atoms with E-state index in [-0.39, 0.29) is 12.5 Å². The molecule has 1 atom stereocenters. The Kier molecular flexibility index (Phi) is 6.06.